The maximum Gasteiger partial charge on any atom is 0.254 e. The van der Waals surface area contributed by atoms with Crippen LogP contribution in [0.25, 0.3) is 0 Å². The van der Waals surface area contributed by atoms with Gasteiger partial charge in [-0.15, -0.1) is 0 Å². The van der Waals surface area contributed by atoms with Crippen LogP contribution in [0, 0.1) is 0 Å². The van der Waals surface area contributed by atoms with Crippen molar-refractivity contribution < 1.29 is 17.9 Å². The molecule has 0 aromatic heterocycles. The molecular formula is C21H25NO4S. The van der Waals surface area contributed by atoms with Gasteiger partial charge in [-0.05, 0) is 43.2 Å². The lowest BCUT2D eigenvalue weighted by molar-refractivity contribution is 0.0694. The summed E-state index contributed by atoms with van der Waals surface area (Å²) in [6.07, 6.45) is 2.31. The fourth-order valence-electron chi connectivity index (χ4n) is 3.28. The van der Waals surface area contributed by atoms with Crippen LogP contribution in [0.4, 0.5) is 0 Å². The number of sulfone groups is 1. The number of hydrogen-bond donors (Lipinski definition) is 0. The van der Waals surface area contributed by atoms with Gasteiger partial charge in [-0.3, -0.25) is 4.79 Å². The van der Waals surface area contributed by atoms with Crippen LogP contribution < -0.4 is 4.74 Å². The molecular weight excluding hydrogens is 362 g/mol. The number of ether oxygens (including phenoxy) is 1. The van der Waals surface area contributed by atoms with Crippen LogP contribution >= 0.6 is 0 Å². The zero-order valence-electron chi connectivity index (χ0n) is 15.5. The van der Waals surface area contributed by atoms with Gasteiger partial charge in [0.1, 0.15) is 11.5 Å². The van der Waals surface area contributed by atoms with Crippen molar-refractivity contribution in [3.8, 4) is 11.5 Å². The second-order valence-corrected chi connectivity index (χ2v) is 9.08. The summed E-state index contributed by atoms with van der Waals surface area (Å²) in [6.45, 7) is 2.63. The SMILES string of the molecule is CCCCN(C(=O)c1cccc(Oc2ccccc2)c1)C1CCS(=O)(=O)C1. The molecule has 1 aliphatic heterocycles. The molecule has 27 heavy (non-hydrogen) atoms. The van der Waals surface area contributed by atoms with E-state index in [1.54, 1.807) is 29.2 Å². The van der Waals surface area contributed by atoms with Gasteiger partial charge in [0.05, 0.1) is 11.5 Å². The summed E-state index contributed by atoms with van der Waals surface area (Å²) in [6, 6.07) is 16.2. The van der Waals surface area contributed by atoms with Gasteiger partial charge in [-0.2, -0.15) is 0 Å². The highest BCUT2D eigenvalue weighted by Gasteiger charge is 2.34. The van der Waals surface area contributed by atoms with Gasteiger partial charge in [-0.25, -0.2) is 8.42 Å². The molecule has 1 saturated heterocycles. The normalized spacial score (nSPS) is 18.2. The number of amides is 1. The molecule has 1 atom stereocenters. The second kappa shape index (κ2) is 8.57. The van der Waals surface area contributed by atoms with Crippen LogP contribution in [-0.2, 0) is 9.84 Å². The molecule has 1 fully saturated rings. The summed E-state index contributed by atoms with van der Waals surface area (Å²) in [4.78, 5) is 14.9. The minimum Gasteiger partial charge on any atom is -0.457 e. The van der Waals surface area contributed by atoms with Gasteiger partial charge in [-0.1, -0.05) is 37.6 Å². The van der Waals surface area contributed by atoms with Crippen LogP contribution in [0.15, 0.2) is 54.6 Å². The molecule has 0 aliphatic carbocycles. The van der Waals surface area contributed by atoms with Gasteiger partial charge >= 0.3 is 0 Å². The highest BCUT2D eigenvalue weighted by molar-refractivity contribution is 7.91. The molecule has 3 rings (SSSR count). The molecule has 0 saturated carbocycles. The highest BCUT2D eigenvalue weighted by Crippen LogP contribution is 2.25. The summed E-state index contributed by atoms with van der Waals surface area (Å²) < 4.78 is 29.6. The molecule has 2 aromatic carbocycles. The van der Waals surface area contributed by atoms with Gasteiger partial charge < -0.3 is 9.64 Å². The van der Waals surface area contributed by atoms with Gasteiger partial charge in [0.25, 0.3) is 5.91 Å². The van der Waals surface area contributed by atoms with Crippen LogP contribution in [0.1, 0.15) is 36.5 Å². The maximum absolute atomic E-state index is 13.1. The number of unbranched alkanes of at least 4 members (excludes halogenated alkanes) is 1. The monoisotopic (exact) mass is 387 g/mol. The Balaban J connectivity index is 1.80. The fraction of sp³-hybridized carbons (Fsp3) is 0.381. The molecule has 0 radical (unpaired) electrons. The smallest absolute Gasteiger partial charge is 0.254 e. The molecule has 1 aliphatic rings. The first-order chi connectivity index (χ1) is 13.0. The lowest BCUT2D eigenvalue weighted by Gasteiger charge is -2.28. The minimum atomic E-state index is -3.05. The number of benzene rings is 2. The van der Waals surface area contributed by atoms with Crippen molar-refractivity contribution in [2.75, 3.05) is 18.1 Å². The van der Waals surface area contributed by atoms with Crippen LogP contribution in [-0.4, -0.2) is 43.3 Å². The highest BCUT2D eigenvalue weighted by atomic mass is 32.2. The third-order valence-electron chi connectivity index (χ3n) is 4.72. The van der Waals surface area contributed by atoms with E-state index in [0.29, 0.717) is 30.0 Å². The zero-order chi connectivity index (χ0) is 19.3. The van der Waals surface area contributed by atoms with Crippen molar-refractivity contribution in [3.05, 3.63) is 60.2 Å². The van der Waals surface area contributed by atoms with Crippen molar-refractivity contribution in [3.63, 3.8) is 0 Å². The van der Waals surface area contributed by atoms with Gasteiger partial charge in [0.15, 0.2) is 9.84 Å². The van der Waals surface area contributed by atoms with Gasteiger partial charge in [0.2, 0.25) is 0 Å². The Morgan fingerprint density at radius 3 is 2.52 bits per heavy atom. The predicted octanol–water partition coefficient (Wildman–Crippen LogP) is 3.91. The first-order valence-corrected chi connectivity index (χ1v) is 11.1. The standard InChI is InChI=1S/C21H25NO4S/c1-2-3-13-22(18-12-14-27(24,25)16-18)21(23)17-8-7-11-20(15-17)26-19-9-5-4-6-10-19/h4-11,15,18H,2-3,12-14,16H2,1H3. The zero-order valence-corrected chi connectivity index (χ0v) is 16.3. The molecule has 1 heterocycles. The van der Waals surface area contributed by atoms with E-state index >= 15 is 0 Å². The first kappa shape index (κ1) is 19.4. The van der Waals surface area contributed by atoms with Crippen molar-refractivity contribution >= 4 is 15.7 Å². The van der Waals surface area contributed by atoms with Crippen molar-refractivity contribution in [1.82, 2.24) is 4.90 Å². The molecule has 0 N–H and O–H groups in total. The average molecular weight is 388 g/mol. The van der Waals surface area contributed by atoms with Crippen LogP contribution in [0.5, 0.6) is 11.5 Å². The predicted molar refractivity (Wildman–Crippen MR) is 106 cm³/mol. The number of para-hydroxylation sites is 1. The molecule has 1 amide bonds. The molecule has 0 spiro atoms. The van der Waals surface area contributed by atoms with Crippen LogP contribution in [0.2, 0.25) is 0 Å². The Morgan fingerprint density at radius 1 is 1.11 bits per heavy atom. The summed E-state index contributed by atoms with van der Waals surface area (Å²) in [7, 11) is -3.05. The summed E-state index contributed by atoms with van der Waals surface area (Å²) in [5.41, 5.74) is 0.517. The van der Waals surface area contributed by atoms with Crippen molar-refractivity contribution in [2.45, 2.75) is 32.2 Å². The number of rotatable bonds is 7. The maximum atomic E-state index is 13.1. The van der Waals surface area contributed by atoms with E-state index < -0.39 is 9.84 Å². The molecule has 2 aromatic rings. The first-order valence-electron chi connectivity index (χ1n) is 9.33. The largest absolute Gasteiger partial charge is 0.457 e. The van der Waals surface area contributed by atoms with Crippen molar-refractivity contribution in [2.24, 2.45) is 0 Å². The quantitative estimate of drug-likeness (QED) is 0.723. The lowest BCUT2D eigenvalue weighted by atomic mass is 10.1. The Morgan fingerprint density at radius 2 is 1.85 bits per heavy atom. The summed E-state index contributed by atoms with van der Waals surface area (Å²) in [5, 5.41) is 0. The Kier molecular flexibility index (Phi) is 6.16. The van der Waals surface area contributed by atoms with E-state index in [2.05, 4.69) is 6.92 Å². The van der Waals surface area contributed by atoms with E-state index in [9.17, 15) is 13.2 Å². The average Bonchev–Trinajstić information content (AvgIpc) is 3.02. The minimum absolute atomic E-state index is 0.0582. The molecule has 5 nitrogen and oxygen atoms in total. The van der Waals surface area contributed by atoms with E-state index in [1.165, 1.54) is 0 Å². The van der Waals surface area contributed by atoms with Crippen LogP contribution in [0.3, 0.4) is 0 Å². The molecule has 144 valence electrons. The third kappa shape index (κ3) is 5.10. The Hall–Kier alpha value is -2.34. The van der Waals surface area contributed by atoms with E-state index in [0.717, 1.165) is 12.8 Å². The fourth-order valence-corrected chi connectivity index (χ4v) is 5.01. The molecule has 0 bridgehead atoms. The van der Waals surface area contributed by atoms with Gasteiger partial charge in [0, 0.05) is 18.2 Å². The summed E-state index contributed by atoms with van der Waals surface area (Å²) in [5.74, 6) is 1.37. The van der Waals surface area contributed by atoms with Crippen molar-refractivity contribution in [1.29, 1.82) is 0 Å². The number of nitrogens with zero attached hydrogens (tertiary/aromatic N) is 1. The van der Waals surface area contributed by atoms with E-state index in [4.69, 9.17) is 4.74 Å². The lowest BCUT2D eigenvalue weighted by Crippen LogP contribution is -2.41. The number of carbonyl (C=O) groups is 1. The third-order valence-corrected chi connectivity index (χ3v) is 6.47. The molecule has 1 unspecified atom stereocenters. The second-order valence-electron chi connectivity index (χ2n) is 6.85. The Labute approximate surface area is 160 Å². The van der Waals surface area contributed by atoms with E-state index in [1.807, 2.05) is 30.3 Å². The Bertz CT molecular complexity index is 880. The number of hydrogen-bond acceptors (Lipinski definition) is 4. The van der Waals surface area contributed by atoms with E-state index in [-0.39, 0.29) is 23.5 Å². The summed E-state index contributed by atoms with van der Waals surface area (Å²) >= 11 is 0. The topological polar surface area (TPSA) is 63.7 Å². The number of carbonyl (C=O) groups excluding carboxylic acids is 1. The molecule has 6 heteroatoms.